The van der Waals surface area contributed by atoms with Crippen molar-refractivity contribution in [2.24, 2.45) is 0 Å². The Kier molecular flexibility index (Phi) is 5.73. The summed E-state index contributed by atoms with van der Waals surface area (Å²) in [4.78, 5) is 0. The van der Waals surface area contributed by atoms with Gasteiger partial charge in [-0.2, -0.15) is 0 Å². The lowest BCUT2D eigenvalue weighted by molar-refractivity contribution is 1.07. The molecule has 3 heteroatoms. The summed E-state index contributed by atoms with van der Waals surface area (Å²) in [5.74, 6) is 0. The second-order valence-electron chi connectivity index (χ2n) is 5.69. The number of aromatic nitrogens is 2. The van der Waals surface area contributed by atoms with Crippen molar-refractivity contribution in [1.29, 1.82) is 0 Å². The quantitative estimate of drug-likeness (QED) is 0.494. The van der Waals surface area contributed by atoms with Crippen molar-refractivity contribution >= 4 is 50.1 Å². The van der Waals surface area contributed by atoms with Gasteiger partial charge in [0.1, 0.15) is 0 Å². The minimum Gasteiger partial charge on any atom is -0.368 e. The van der Waals surface area contributed by atoms with Crippen molar-refractivity contribution in [3.8, 4) is 0 Å². The normalized spacial score (nSPS) is 10.0. The van der Waals surface area contributed by atoms with Gasteiger partial charge < -0.3 is 8.96 Å². The van der Waals surface area contributed by atoms with Crippen LogP contribution in [0, 0.1) is 6.92 Å². The van der Waals surface area contributed by atoms with Crippen molar-refractivity contribution in [3.63, 3.8) is 0 Å². The molecule has 0 fully saturated rings. The fourth-order valence-electron chi connectivity index (χ4n) is 3.36. The SMILES string of the molecule is C=Cc1c(C)c(C=C)n([B]n2c(C=C)c(C=C)c(C=C)c2C=C)c1C=C. The molecule has 0 saturated carbocycles. The first-order valence-electron chi connectivity index (χ1n) is 8.29. The number of nitrogens with zero attached hydrogens (tertiary/aromatic N) is 2. The molecule has 0 aromatic carbocycles. The third kappa shape index (κ3) is 2.72. The highest BCUT2D eigenvalue weighted by Crippen LogP contribution is 2.29. The fourth-order valence-corrected chi connectivity index (χ4v) is 3.36. The minimum absolute atomic E-state index is 0.918. The Labute approximate surface area is 157 Å². The van der Waals surface area contributed by atoms with E-state index in [2.05, 4.69) is 46.1 Å². The maximum Gasteiger partial charge on any atom is 0.401 e. The molecule has 0 saturated heterocycles. The predicted molar refractivity (Wildman–Crippen MR) is 121 cm³/mol. The lowest BCUT2D eigenvalue weighted by Crippen LogP contribution is -2.21. The second kappa shape index (κ2) is 7.79. The average Bonchev–Trinajstić information content (AvgIpc) is 3.10. The lowest BCUT2D eigenvalue weighted by atomic mass is 10.1. The zero-order chi connectivity index (χ0) is 19.4. The molecular formula is C23H24BN2. The first-order valence-corrected chi connectivity index (χ1v) is 8.29. The molecule has 0 aliphatic rings. The molecule has 2 aromatic rings. The Bertz CT molecular complexity index is 910. The molecule has 2 aromatic heterocycles. The van der Waals surface area contributed by atoms with Gasteiger partial charge in [0, 0.05) is 39.5 Å². The van der Waals surface area contributed by atoms with Gasteiger partial charge in [0.2, 0.25) is 0 Å². The molecule has 2 nitrogen and oxygen atoms in total. The maximum atomic E-state index is 3.97. The van der Waals surface area contributed by atoms with E-state index < -0.39 is 0 Å². The van der Waals surface area contributed by atoms with Crippen LogP contribution in [0.15, 0.2) is 46.1 Å². The van der Waals surface area contributed by atoms with Gasteiger partial charge in [-0.1, -0.05) is 64.3 Å². The fraction of sp³-hybridized carbons (Fsp3) is 0.0435. The first-order chi connectivity index (χ1) is 12.5. The highest BCUT2D eigenvalue weighted by molar-refractivity contribution is 6.34. The Morgan fingerprint density at radius 2 is 0.885 bits per heavy atom. The zero-order valence-electron chi connectivity index (χ0n) is 15.5. The summed E-state index contributed by atoms with van der Waals surface area (Å²) in [6.07, 6.45) is 12.7. The molecule has 2 heterocycles. The van der Waals surface area contributed by atoms with Gasteiger partial charge in [0.25, 0.3) is 0 Å². The summed E-state index contributed by atoms with van der Waals surface area (Å²) in [7, 11) is 1.99. The molecule has 0 amide bonds. The summed E-state index contributed by atoms with van der Waals surface area (Å²) >= 11 is 0. The maximum absolute atomic E-state index is 3.97. The van der Waals surface area contributed by atoms with Crippen molar-refractivity contribution < 1.29 is 0 Å². The molecule has 0 N–H and O–H groups in total. The van der Waals surface area contributed by atoms with Crippen molar-refractivity contribution in [2.75, 3.05) is 0 Å². The molecule has 1 radical (unpaired) electrons. The largest absolute Gasteiger partial charge is 0.401 e. The van der Waals surface area contributed by atoms with Gasteiger partial charge in [-0.05, 0) is 36.8 Å². The highest BCUT2D eigenvalue weighted by atomic mass is 15.1. The summed E-state index contributed by atoms with van der Waals surface area (Å²) in [5, 5.41) is 0. The molecular weight excluding hydrogens is 315 g/mol. The average molecular weight is 339 g/mol. The summed E-state index contributed by atoms with van der Waals surface area (Å²) < 4.78 is 4.08. The van der Waals surface area contributed by atoms with Crippen LogP contribution < -0.4 is 0 Å². The standard InChI is InChI=1S/C23H24BN2/c1-9-17-16(8)20(12-4)25(21(17)13-5)24-26-22(14-6)18(10-2)19(11-3)23(26)15-7/h9-15H,1-7H2,8H3. The van der Waals surface area contributed by atoms with Crippen molar-refractivity contribution in [1.82, 2.24) is 8.96 Å². The Morgan fingerprint density at radius 3 is 1.23 bits per heavy atom. The van der Waals surface area contributed by atoms with E-state index in [0.29, 0.717) is 0 Å². The van der Waals surface area contributed by atoms with E-state index >= 15 is 0 Å². The molecule has 26 heavy (non-hydrogen) atoms. The van der Waals surface area contributed by atoms with E-state index in [9.17, 15) is 0 Å². The molecule has 0 spiro atoms. The molecule has 0 unspecified atom stereocenters. The summed E-state index contributed by atoms with van der Waals surface area (Å²) in [6.45, 7) is 29.7. The molecule has 0 aliphatic heterocycles. The van der Waals surface area contributed by atoms with Crippen molar-refractivity contribution in [3.05, 3.63) is 91.1 Å². The Morgan fingerprint density at radius 1 is 0.538 bits per heavy atom. The topological polar surface area (TPSA) is 9.86 Å². The predicted octanol–water partition coefficient (Wildman–Crippen LogP) is 6.03. The van der Waals surface area contributed by atoms with Crippen LogP contribution in [0.1, 0.15) is 45.0 Å². The van der Waals surface area contributed by atoms with Gasteiger partial charge in [-0.25, -0.2) is 0 Å². The smallest absolute Gasteiger partial charge is 0.368 e. The van der Waals surface area contributed by atoms with Crippen LogP contribution >= 0.6 is 0 Å². The molecule has 0 atom stereocenters. The van der Waals surface area contributed by atoms with Crippen LogP contribution in [0.2, 0.25) is 0 Å². The number of hydrogen-bond acceptors (Lipinski definition) is 0. The third-order valence-corrected chi connectivity index (χ3v) is 4.56. The lowest BCUT2D eigenvalue weighted by Gasteiger charge is -2.14. The van der Waals surface area contributed by atoms with E-state index in [4.69, 9.17) is 0 Å². The van der Waals surface area contributed by atoms with E-state index in [1.807, 2.05) is 53.8 Å². The van der Waals surface area contributed by atoms with Crippen molar-refractivity contribution in [2.45, 2.75) is 6.92 Å². The summed E-state index contributed by atoms with van der Waals surface area (Å²) in [5.41, 5.74) is 7.83. The molecule has 129 valence electrons. The zero-order valence-corrected chi connectivity index (χ0v) is 15.5. The van der Waals surface area contributed by atoms with Gasteiger partial charge in [-0.3, -0.25) is 0 Å². The highest BCUT2D eigenvalue weighted by Gasteiger charge is 2.21. The summed E-state index contributed by atoms with van der Waals surface area (Å²) in [6, 6.07) is 0. The van der Waals surface area contributed by atoms with Crippen LogP contribution in [-0.4, -0.2) is 16.5 Å². The van der Waals surface area contributed by atoms with Crippen LogP contribution in [-0.2, 0) is 0 Å². The third-order valence-electron chi connectivity index (χ3n) is 4.56. The minimum atomic E-state index is 0.918. The van der Waals surface area contributed by atoms with E-state index in [-0.39, 0.29) is 0 Å². The van der Waals surface area contributed by atoms with Gasteiger partial charge in [0.15, 0.2) is 0 Å². The first kappa shape index (κ1) is 19.1. The molecule has 2 rings (SSSR count). The number of rotatable bonds is 9. The van der Waals surface area contributed by atoms with Crippen LogP contribution in [0.5, 0.6) is 0 Å². The van der Waals surface area contributed by atoms with Gasteiger partial charge in [-0.15, -0.1) is 0 Å². The Balaban J connectivity index is 2.85. The van der Waals surface area contributed by atoms with E-state index in [1.165, 1.54) is 0 Å². The van der Waals surface area contributed by atoms with Crippen LogP contribution in [0.3, 0.4) is 0 Å². The van der Waals surface area contributed by atoms with Crippen LogP contribution in [0.4, 0.5) is 0 Å². The van der Waals surface area contributed by atoms with E-state index in [0.717, 1.165) is 45.0 Å². The van der Waals surface area contributed by atoms with Gasteiger partial charge >= 0.3 is 7.55 Å². The van der Waals surface area contributed by atoms with Gasteiger partial charge in [0.05, 0.1) is 0 Å². The van der Waals surface area contributed by atoms with E-state index in [1.54, 1.807) is 12.2 Å². The molecule has 0 aliphatic carbocycles. The second-order valence-corrected chi connectivity index (χ2v) is 5.69. The number of hydrogen-bond donors (Lipinski definition) is 0. The van der Waals surface area contributed by atoms with Crippen LogP contribution in [0.25, 0.3) is 42.5 Å². The Hall–Kier alpha value is -3.20. The molecule has 0 bridgehead atoms. The monoisotopic (exact) mass is 339 g/mol.